The third-order valence-electron chi connectivity index (χ3n) is 3.86. The van der Waals surface area contributed by atoms with E-state index in [9.17, 15) is 14.6 Å². The first-order valence-corrected chi connectivity index (χ1v) is 7.37. The monoisotopic (exact) mass is 299 g/mol. The third-order valence-corrected chi connectivity index (χ3v) is 3.86. The molecule has 0 unspecified atom stereocenters. The van der Waals surface area contributed by atoms with Gasteiger partial charge in [-0.25, -0.2) is 4.39 Å². The van der Waals surface area contributed by atoms with E-state index in [-0.39, 0.29) is 5.82 Å². The predicted octanol–water partition coefficient (Wildman–Crippen LogP) is 3.91. The summed E-state index contributed by atoms with van der Waals surface area (Å²) in [6.45, 7) is 2.10. The number of benzene rings is 2. The highest BCUT2D eigenvalue weighted by Crippen LogP contribution is 2.36. The molecule has 1 heterocycles. The molecule has 0 bridgehead atoms. The van der Waals surface area contributed by atoms with Crippen LogP contribution in [0.2, 0.25) is 0 Å². The van der Waals surface area contributed by atoms with Gasteiger partial charge in [-0.15, -0.1) is 0 Å². The molecular formula is C18H18FNO2. The van der Waals surface area contributed by atoms with E-state index in [1.54, 1.807) is 12.1 Å². The standard InChI is InChI=1S/C18H18FNO2/c1-2-4-12-5-3-6-14-15(11-7-9-13(19)10-8-11)17(18(21)22)20-16(12)14/h3,5-10,18,20-22H,2,4H2,1H3. The molecule has 0 amide bonds. The van der Waals surface area contributed by atoms with Crippen molar-refractivity contribution >= 4 is 10.9 Å². The summed E-state index contributed by atoms with van der Waals surface area (Å²) < 4.78 is 13.2. The van der Waals surface area contributed by atoms with Crippen LogP contribution in [-0.2, 0) is 6.42 Å². The molecule has 0 radical (unpaired) electrons. The van der Waals surface area contributed by atoms with Crippen molar-refractivity contribution in [1.29, 1.82) is 0 Å². The Hall–Kier alpha value is -2.17. The lowest BCUT2D eigenvalue weighted by Gasteiger charge is -2.07. The second-order valence-corrected chi connectivity index (χ2v) is 5.38. The molecule has 0 spiro atoms. The third kappa shape index (κ3) is 2.51. The van der Waals surface area contributed by atoms with Crippen molar-refractivity contribution < 1.29 is 14.6 Å². The number of hydrogen-bond acceptors (Lipinski definition) is 2. The highest BCUT2D eigenvalue weighted by atomic mass is 19.1. The normalized spacial score (nSPS) is 11.5. The minimum Gasteiger partial charge on any atom is -0.363 e. The molecular weight excluding hydrogens is 281 g/mol. The average Bonchev–Trinajstić information content (AvgIpc) is 2.89. The first-order valence-electron chi connectivity index (χ1n) is 7.37. The van der Waals surface area contributed by atoms with Crippen LogP contribution in [0.3, 0.4) is 0 Å². The second-order valence-electron chi connectivity index (χ2n) is 5.38. The maximum atomic E-state index is 13.2. The van der Waals surface area contributed by atoms with Crippen LogP contribution in [0.5, 0.6) is 0 Å². The van der Waals surface area contributed by atoms with Crippen molar-refractivity contribution in [2.24, 2.45) is 0 Å². The van der Waals surface area contributed by atoms with Gasteiger partial charge >= 0.3 is 0 Å². The highest BCUT2D eigenvalue weighted by molar-refractivity contribution is 5.99. The van der Waals surface area contributed by atoms with E-state index in [0.717, 1.165) is 34.9 Å². The quantitative estimate of drug-likeness (QED) is 0.640. The summed E-state index contributed by atoms with van der Waals surface area (Å²) in [7, 11) is 0. The number of aromatic amines is 1. The van der Waals surface area contributed by atoms with Gasteiger partial charge in [-0.05, 0) is 29.7 Å². The van der Waals surface area contributed by atoms with Gasteiger partial charge in [0.2, 0.25) is 0 Å². The van der Waals surface area contributed by atoms with Crippen LogP contribution in [0.15, 0.2) is 42.5 Å². The van der Waals surface area contributed by atoms with Gasteiger partial charge in [-0.1, -0.05) is 43.7 Å². The Morgan fingerprint density at radius 3 is 2.45 bits per heavy atom. The molecule has 0 aliphatic rings. The topological polar surface area (TPSA) is 56.2 Å². The van der Waals surface area contributed by atoms with E-state index in [0.29, 0.717) is 11.3 Å². The number of aryl methyl sites for hydroxylation is 1. The molecule has 3 aromatic rings. The number of aliphatic hydroxyl groups is 2. The van der Waals surface area contributed by atoms with Crippen LogP contribution in [0.25, 0.3) is 22.0 Å². The Bertz CT molecular complexity index is 791. The van der Waals surface area contributed by atoms with Crippen LogP contribution < -0.4 is 0 Å². The highest BCUT2D eigenvalue weighted by Gasteiger charge is 2.19. The Kier molecular flexibility index (Phi) is 3.96. The zero-order valence-corrected chi connectivity index (χ0v) is 12.3. The van der Waals surface area contributed by atoms with Crippen molar-refractivity contribution in [3.8, 4) is 11.1 Å². The van der Waals surface area contributed by atoms with Gasteiger partial charge in [-0.3, -0.25) is 0 Å². The minimum absolute atomic E-state index is 0.318. The summed E-state index contributed by atoms with van der Waals surface area (Å²) in [6, 6.07) is 12.0. The summed E-state index contributed by atoms with van der Waals surface area (Å²) >= 11 is 0. The maximum absolute atomic E-state index is 13.2. The van der Waals surface area contributed by atoms with Gasteiger partial charge < -0.3 is 15.2 Å². The molecule has 3 rings (SSSR count). The van der Waals surface area contributed by atoms with Gasteiger partial charge in [0, 0.05) is 16.5 Å². The SMILES string of the molecule is CCCc1cccc2c(-c3ccc(F)cc3)c(C(O)O)[nH]c12. The Labute approximate surface area is 128 Å². The van der Waals surface area contributed by atoms with E-state index >= 15 is 0 Å². The maximum Gasteiger partial charge on any atom is 0.194 e. The minimum atomic E-state index is -1.61. The number of hydrogen-bond donors (Lipinski definition) is 3. The van der Waals surface area contributed by atoms with Gasteiger partial charge in [0.15, 0.2) is 6.29 Å². The number of rotatable bonds is 4. The molecule has 0 saturated heterocycles. The number of halogens is 1. The number of H-pyrrole nitrogens is 1. The lowest BCUT2D eigenvalue weighted by atomic mass is 9.99. The average molecular weight is 299 g/mol. The zero-order valence-electron chi connectivity index (χ0n) is 12.3. The molecule has 0 fully saturated rings. The van der Waals surface area contributed by atoms with Crippen molar-refractivity contribution in [3.05, 3.63) is 59.5 Å². The molecule has 22 heavy (non-hydrogen) atoms. The van der Waals surface area contributed by atoms with Crippen molar-refractivity contribution in [2.75, 3.05) is 0 Å². The number of nitrogens with one attached hydrogen (secondary N) is 1. The van der Waals surface area contributed by atoms with Crippen molar-refractivity contribution in [1.82, 2.24) is 4.98 Å². The van der Waals surface area contributed by atoms with Crippen molar-refractivity contribution in [3.63, 3.8) is 0 Å². The fourth-order valence-corrected chi connectivity index (χ4v) is 2.90. The van der Waals surface area contributed by atoms with Crippen LogP contribution in [0.4, 0.5) is 4.39 Å². The van der Waals surface area contributed by atoms with Gasteiger partial charge in [0.05, 0.1) is 5.69 Å². The second kappa shape index (κ2) is 5.91. The number of aliphatic hydroxyl groups excluding tert-OH is 1. The van der Waals surface area contributed by atoms with E-state index < -0.39 is 6.29 Å². The summed E-state index contributed by atoms with van der Waals surface area (Å²) in [5.74, 6) is -0.318. The van der Waals surface area contributed by atoms with Crippen LogP contribution >= 0.6 is 0 Å². The van der Waals surface area contributed by atoms with E-state index in [1.165, 1.54) is 12.1 Å². The molecule has 1 aromatic heterocycles. The first kappa shape index (κ1) is 14.8. The van der Waals surface area contributed by atoms with E-state index in [4.69, 9.17) is 0 Å². The fraction of sp³-hybridized carbons (Fsp3) is 0.222. The largest absolute Gasteiger partial charge is 0.363 e. The first-order chi connectivity index (χ1) is 10.6. The number of fused-ring (bicyclic) bond motifs is 1. The molecule has 0 aliphatic heterocycles. The molecule has 0 atom stereocenters. The molecule has 114 valence electrons. The number of aromatic nitrogens is 1. The van der Waals surface area contributed by atoms with Gasteiger partial charge in [0.25, 0.3) is 0 Å². The molecule has 3 nitrogen and oxygen atoms in total. The fourth-order valence-electron chi connectivity index (χ4n) is 2.90. The zero-order chi connectivity index (χ0) is 15.7. The molecule has 4 heteroatoms. The Morgan fingerprint density at radius 2 is 1.82 bits per heavy atom. The molecule has 2 aromatic carbocycles. The van der Waals surface area contributed by atoms with Gasteiger partial charge in [0.1, 0.15) is 5.82 Å². The lowest BCUT2D eigenvalue weighted by molar-refractivity contribution is -0.0448. The van der Waals surface area contributed by atoms with Crippen LogP contribution in [0.1, 0.15) is 30.9 Å². The van der Waals surface area contributed by atoms with Crippen molar-refractivity contribution in [2.45, 2.75) is 26.1 Å². The predicted molar refractivity (Wildman–Crippen MR) is 84.9 cm³/mol. The van der Waals surface area contributed by atoms with Crippen LogP contribution in [0, 0.1) is 5.82 Å². The summed E-state index contributed by atoms with van der Waals surface area (Å²) in [4.78, 5) is 3.14. The lowest BCUT2D eigenvalue weighted by Crippen LogP contribution is -1.97. The summed E-state index contributed by atoms with van der Waals surface area (Å²) in [5, 5.41) is 20.3. The van der Waals surface area contributed by atoms with Gasteiger partial charge in [-0.2, -0.15) is 0 Å². The molecule has 0 aliphatic carbocycles. The summed E-state index contributed by atoms with van der Waals surface area (Å²) in [5.41, 5.74) is 3.85. The van der Waals surface area contributed by atoms with E-state index in [1.807, 2.05) is 18.2 Å². The van der Waals surface area contributed by atoms with E-state index in [2.05, 4.69) is 11.9 Å². The Morgan fingerprint density at radius 1 is 1.09 bits per heavy atom. The Balaban J connectivity index is 2.29. The number of para-hydroxylation sites is 1. The smallest absolute Gasteiger partial charge is 0.194 e. The summed E-state index contributed by atoms with van der Waals surface area (Å²) in [6.07, 6.45) is 0.296. The molecule has 3 N–H and O–H groups in total. The molecule has 0 saturated carbocycles. The van der Waals surface area contributed by atoms with Crippen LogP contribution in [-0.4, -0.2) is 15.2 Å².